The molecule has 1 rings (SSSR count). The number of hydrogen-bond acceptors (Lipinski definition) is 2. The van der Waals surface area contributed by atoms with Gasteiger partial charge in [0.15, 0.2) is 0 Å². The maximum Gasteiger partial charge on any atom is 0.217 e. The molecule has 1 aromatic carbocycles. The standard InChI is InChI=1S/C12H16BrFN2O/c13-11-5-4-10(14)7-9(11)8-16-6-2-1-3-12(15)17/h4-5,7,16H,1-3,6,8H2,(H2,15,17). The lowest BCUT2D eigenvalue weighted by atomic mass is 10.2. The molecule has 17 heavy (non-hydrogen) atoms. The fourth-order valence-electron chi connectivity index (χ4n) is 1.45. The number of halogens is 2. The molecular formula is C12H16BrFN2O. The molecule has 1 aromatic rings. The van der Waals surface area contributed by atoms with Crippen molar-refractivity contribution >= 4 is 21.8 Å². The molecule has 0 bridgehead atoms. The molecule has 1 amide bonds. The van der Waals surface area contributed by atoms with Crippen molar-refractivity contribution in [2.45, 2.75) is 25.8 Å². The Hall–Kier alpha value is -0.940. The maximum atomic E-state index is 13.0. The number of unbranched alkanes of at least 4 members (excludes halogenated alkanes) is 1. The first-order valence-corrected chi connectivity index (χ1v) is 6.32. The number of nitrogens with one attached hydrogen (secondary N) is 1. The zero-order valence-electron chi connectivity index (χ0n) is 9.51. The van der Waals surface area contributed by atoms with Gasteiger partial charge in [-0.1, -0.05) is 15.9 Å². The molecule has 0 aliphatic carbocycles. The first-order valence-electron chi connectivity index (χ1n) is 5.52. The Morgan fingerprint density at radius 3 is 2.88 bits per heavy atom. The van der Waals surface area contributed by atoms with Crippen LogP contribution in [0, 0.1) is 5.82 Å². The Balaban J connectivity index is 2.22. The van der Waals surface area contributed by atoms with E-state index in [4.69, 9.17) is 5.73 Å². The lowest BCUT2D eigenvalue weighted by Gasteiger charge is -2.06. The van der Waals surface area contributed by atoms with Crippen molar-refractivity contribution in [1.82, 2.24) is 5.32 Å². The lowest BCUT2D eigenvalue weighted by Crippen LogP contribution is -2.16. The Morgan fingerprint density at radius 1 is 1.41 bits per heavy atom. The summed E-state index contributed by atoms with van der Waals surface area (Å²) in [6.45, 7) is 1.39. The van der Waals surface area contributed by atoms with Gasteiger partial charge in [-0.2, -0.15) is 0 Å². The van der Waals surface area contributed by atoms with Crippen LogP contribution >= 0.6 is 15.9 Å². The second kappa shape index (κ2) is 7.40. The zero-order valence-corrected chi connectivity index (χ0v) is 11.1. The average molecular weight is 303 g/mol. The van der Waals surface area contributed by atoms with E-state index in [2.05, 4.69) is 21.2 Å². The van der Waals surface area contributed by atoms with E-state index in [1.807, 2.05) is 0 Å². The van der Waals surface area contributed by atoms with Crippen molar-refractivity contribution in [3.8, 4) is 0 Å². The van der Waals surface area contributed by atoms with Crippen molar-refractivity contribution in [2.24, 2.45) is 5.73 Å². The van der Waals surface area contributed by atoms with Crippen molar-refractivity contribution in [3.05, 3.63) is 34.1 Å². The molecular weight excluding hydrogens is 287 g/mol. The number of nitrogens with two attached hydrogens (primary N) is 1. The molecule has 0 saturated carbocycles. The van der Waals surface area contributed by atoms with E-state index < -0.39 is 0 Å². The van der Waals surface area contributed by atoms with Gasteiger partial charge in [0.1, 0.15) is 5.82 Å². The van der Waals surface area contributed by atoms with Gasteiger partial charge in [-0.05, 0) is 43.1 Å². The second-order valence-corrected chi connectivity index (χ2v) is 4.69. The summed E-state index contributed by atoms with van der Waals surface area (Å²) < 4.78 is 13.9. The molecule has 5 heteroatoms. The number of amides is 1. The van der Waals surface area contributed by atoms with Gasteiger partial charge in [-0.25, -0.2) is 4.39 Å². The topological polar surface area (TPSA) is 55.1 Å². The third-order valence-electron chi connectivity index (χ3n) is 2.35. The molecule has 0 heterocycles. The van der Waals surface area contributed by atoms with Gasteiger partial charge < -0.3 is 11.1 Å². The fraction of sp³-hybridized carbons (Fsp3) is 0.417. The summed E-state index contributed by atoms with van der Waals surface area (Å²) >= 11 is 3.36. The fourth-order valence-corrected chi connectivity index (χ4v) is 1.84. The van der Waals surface area contributed by atoms with Gasteiger partial charge >= 0.3 is 0 Å². The van der Waals surface area contributed by atoms with E-state index in [-0.39, 0.29) is 11.7 Å². The molecule has 94 valence electrons. The largest absolute Gasteiger partial charge is 0.370 e. The molecule has 0 unspecified atom stereocenters. The van der Waals surface area contributed by atoms with Gasteiger partial charge in [-0.15, -0.1) is 0 Å². The van der Waals surface area contributed by atoms with Crippen molar-refractivity contribution in [2.75, 3.05) is 6.54 Å². The number of carbonyl (C=O) groups excluding carboxylic acids is 1. The number of benzene rings is 1. The molecule has 0 saturated heterocycles. The molecule has 3 N–H and O–H groups in total. The minimum atomic E-state index is -0.266. The monoisotopic (exact) mass is 302 g/mol. The van der Waals surface area contributed by atoms with Gasteiger partial charge in [0.2, 0.25) is 5.91 Å². The number of primary amides is 1. The minimum Gasteiger partial charge on any atom is -0.370 e. The predicted molar refractivity (Wildman–Crippen MR) is 68.9 cm³/mol. The number of carbonyl (C=O) groups is 1. The minimum absolute atomic E-state index is 0.237. The molecule has 0 atom stereocenters. The van der Waals surface area contributed by atoms with Crippen LogP contribution in [0.2, 0.25) is 0 Å². The first kappa shape index (κ1) is 14.1. The SMILES string of the molecule is NC(=O)CCCCNCc1cc(F)ccc1Br. The summed E-state index contributed by atoms with van der Waals surface area (Å²) in [4.78, 5) is 10.5. The highest BCUT2D eigenvalue weighted by atomic mass is 79.9. The Kier molecular flexibility index (Phi) is 6.15. The van der Waals surface area contributed by atoms with Crippen molar-refractivity contribution < 1.29 is 9.18 Å². The van der Waals surface area contributed by atoms with E-state index in [1.165, 1.54) is 12.1 Å². The summed E-state index contributed by atoms with van der Waals surface area (Å²) in [5, 5.41) is 3.19. The zero-order chi connectivity index (χ0) is 12.7. The Morgan fingerprint density at radius 2 is 2.18 bits per heavy atom. The van der Waals surface area contributed by atoms with E-state index in [1.54, 1.807) is 6.07 Å². The van der Waals surface area contributed by atoms with Gasteiger partial charge in [-0.3, -0.25) is 4.79 Å². The van der Waals surface area contributed by atoms with Crippen LogP contribution in [0.25, 0.3) is 0 Å². The third-order valence-corrected chi connectivity index (χ3v) is 3.12. The molecule has 3 nitrogen and oxygen atoms in total. The van der Waals surface area contributed by atoms with Gasteiger partial charge in [0, 0.05) is 17.4 Å². The van der Waals surface area contributed by atoms with Crippen LogP contribution in [0.4, 0.5) is 4.39 Å². The highest BCUT2D eigenvalue weighted by Gasteiger charge is 2.01. The summed E-state index contributed by atoms with van der Waals surface area (Å²) in [7, 11) is 0. The molecule has 0 radical (unpaired) electrons. The van der Waals surface area contributed by atoms with E-state index in [0.717, 1.165) is 29.4 Å². The maximum absolute atomic E-state index is 13.0. The summed E-state index contributed by atoms with van der Waals surface area (Å²) in [6.07, 6.45) is 2.09. The van der Waals surface area contributed by atoms with Crippen LogP contribution < -0.4 is 11.1 Å². The first-order chi connectivity index (χ1) is 8.09. The van der Waals surface area contributed by atoms with Gasteiger partial charge in [0.05, 0.1) is 0 Å². The van der Waals surface area contributed by atoms with Crippen molar-refractivity contribution in [1.29, 1.82) is 0 Å². The smallest absolute Gasteiger partial charge is 0.217 e. The number of rotatable bonds is 7. The van der Waals surface area contributed by atoms with Gasteiger partial charge in [0.25, 0.3) is 0 Å². The summed E-state index contributed by atoms with van der Waals surface area (Å²) in [5.74, 6) is -0.503. The van der Waals surface area contributed by atoms with E-state index >= 15 is 0 Å². The molecule has 0 fully saturated rings. The third kappa shape index (κ3) is 5.79. The second-order valence-electron chi connectivity index (χ2n) is 3.84. The van der Waals surface area contributed by atoms with Crippen LogP contribution in [-0.2, 0) is 11.3 Å². The van der Waals surface area contributed by atoms with Crippen LogP contribution in [-0.4, -0.2) is 12.5 Å². The molecule has 0 aliphatic rings. The summed E-state index contributed by atoms with van der Waals surface area (Å²) in [6, 6.07) is 4.61. The van der Waals surface area contributed by atoms with Crippen LogP contribution in [0.1, 0.15) is 24.8 Å². The quantitative estimate of drug-likeness (QED) is 0.760. The van der Waals surface area contributed by atoms with E-state index in [9.17, 15) is 9.18 Å². The Labute approximate surface area is 109 Å². The Bertz CT molecular complexity index is 385. The van der Waals surface area contributed by atoms with Crippen LogP contribution in [0.3, 0.4) is 0 Å². The lowest BCUT2D eigenvalue weighted by molar-refractivity contribution is -0.118. The molecule has 0 aromatic heterocycles. The summed E-state index contributed by atoms with van der Waals surface area (Å²) in [5.41, 5.74) is 5.92. The van der Waals surface area contributed by atoms with Crippen LogP contribution in [0.5, 0.6) is 0 Å². The molecule has 0 aliphatic heterocycles. The normalized spacial score (nSPS) is 10.5. The molecule has 0 spiro atoms. The van der Waals surface area contributed by atoms with Crippen molar-refractivity contribution in [3.63, 3.8) is 0 Å². The highest BCUT2D eigenvalue weighted by Crippen LogP contribution is 2.17. The average Bonchev–Trinajstić information content (AvgIpc) is 2.27. The van der Waals surface area contributed by atoms with Crippen LogP contribution in [0.15, 0.2) is 22.7 Å². The highest BCUT2D eigenvalue weighted by molar-refractivity contribution is 9.10. The van der Waals surface area contributed by atoms with E-state index in [0.29, 0.717) is 13.0 Å². The number of hydrogen-bond donors (Lipinski definition) is 2. The predicted octanol–water partition coefficient (Wildman–Crippen LogP) is 2.33.